The standard InChI is InChI=1S/C25H33N3O5/c1-18-15-22(27-33-18)26-23(29)17-28(2)14-13-21(16-28)32-24(30)25(31,19-9-5-3-6-10-19)20-11-7-4-8-12-20/h3,5-6,9-10,15,20-21,31H,4,7-8,11-14,16-17H2,1-2H3/p+1/t21-,25?,28?/m1/s1. The third-order valence-corrected chi connectivity index (χ3v) is 7.05. The van der Waals surface area contributed by atoms with Crippen LogP contribution < -0.4 is 5.32 Å². The van der Waals surface area contributed by atoms with Crippen LogP contribution in [0.4, 0.5) is 5.82 Å². The lowest BCUT2D eigenvalue weighted by molar-refractivity contribution is -0.890. The van der Waals surface area contributed by atoms with Crippen LogP contribution in [0.15, 0.2) is 40.9 Å². The predicted molar refractivity (Wildman–Crippen MR) is 122 cm³/mol. The largest absolute Gasteiger partial charge is 0.454 e. The van der Waals surface area contributed by atoms with Crippen LogP contribution in [-0.4, -0.2) is 59.4 Å². The molecule has 4 rings (SSSR count). The topological polar surface area (TPSA) is 102 Å². The second-order valence-corrected chi connectivity index (χ2v) is 9.84. The van der Waals surface area contributed by atoms with Gasteiger partial charge in [-0.2, -0.15) is 0 Å². The highest BCUT2D eigenvalue weighted by Gasteiger charge is 2.49. The number of nitrogens with one attached hydrogen (secondary N) is 1. The van der Waals surface area contributed by atoms with Gasteiger partial charge in [-0.3, -0.25) is 4.79 Å². The molecule has 8 heteroatoms. The van der Waals surface area contributed by atoms with Crippen molar-refractivity contribution in [2.24, 2.45) is 5.92 Å². The Morgan fingerprint density at radius 2 is 1.94 bits per heavy atom. The zero-order valence-electron chi connectivity index (χ0n) is 19.5. The molecule has 2 aliphatic rings. The van der Waals surface area contributed by atoms with Crippen LogP contribution in [0, 0.1) is 12.8 Å². The first kappa shape index (κ1) is 23.4. The molecular weight excluding hydrogens is 422 g/mol. The minimum Gasteiger partial charge on any atom is -0.454 e. The van der Waals surface area contributed by atoms with Gasteiger partial charge in [0, 0.05) is 18.4 Å². The van der Waals surface area contributed by atoms with Crippen molar-refractivity contribution in [2.45, 2.75) is 57.2 Å². The highest BCUT2D eigenvalue weighted by atomic mass is 16.6. The summed E-state index contributed by atoms with van der Waals surface area (Å²) in [6.07, 6.45) is 5.06. The quantitative estimate of drug-likeness (QED) is 0.490. The van der Waals surface area contributed by atoms with E-state index in [0.29, 0.717) is 41.1 Å². The van der Waals surface area contributed by atoms with Crippen LogP contribution >= 0.6 is 0 Å². The molecule has 0 spiro atoms. The van der Waals surface area contributed by atoms with E-state index in [4.69, 9.17) is 9.26 Å². The normalized spacial score (nSPS) is 25.4. The molecule has 1 aliphatic carbocycles. The number of hydrogen-bond acceptors (Lipinski definition) is 6. The maximum Gasteiger partial charge on any atom is 0.343 e. The number of carbonyl (C=O) groups is 2. The van der Waals surface area contributed by atoms with Gasteiger partial charge < -0.3 is 24.2 Å². The monoisotopic (exact) mass is 456 g/mol. The van der Waals surface area contributed by atoms with Gasteiger partial charge >= 0.3 is 5.97 Å². The predicted octanol–water partition coefficient (Wildman–Crippen LogP) is 3.15. The number of likely N-dealkylation sites (tertiary alicyclic amines) is 1. The fourth-order valence-corrected chi connectivity index (χ4v) is 5.30. The van der Waals surface area contributed by atoms with Gasteiger partial charge in [0.2, 0.25) is 0 Å². The number of esters is 1. The maximum atomic E-state index is 13.4. The summed E-state index contributed by atoms with van der Waals surface area (Å²) < 4.78 is 11.4. The average Bonchev–Trinajstić information content (AvgIpc) is 3.38. The SMILES string of the molecule is Cc1cc(NC(=O)C[N+]2(C)CC[C@@H](OC(=O)C(O)(c3ccccc3)C3CCCCC3)C2)no1. The Balaban J connectivity index is 1.41. The number of aliphatic hydroxyl groups is 1. The molecule has 2 fully saturated rings. The molecule has 1 saturated carbocycles. The number of likely N-dealkylation sites (N-methyl/N-ethyl adjacent to an activating group) is 1. The van der Waals surface area contributed by atoms with E-state index in [1.165, 1.54) is 0 Å². The molecule has 1 aliphatic heterocycles. The van der Waals surface area contributed by atoms with E-state index < -0.39 is 11.6 Å². The lowest BCUT2D eigenvalue weighted by Crippen LogP contribution is -2.49. The summed E-state index contributed by atoms with van der Waals surface area (Å²) in [5, 5.41) is 18.3. The maximum absolute atomic E-state index is 13.4. The highest BCUT2D eigenvalue weighted by Crippen LogP contribution is 2.41. The van der Waals surface area contributed by atoms with E-state index in [-0.39, 0.29) is 24.5 Å². The third kappa shape index (κ3) is 5.28. The number of nitrogens with zero attached hydrogens (tertiary/aromatic N) is 2. The van der Waals surface area contributed by atoms with Crippen LogP contribution in [0.25, 0.3) is 0 Å². The molecule has 1 aromatic heterocycles. The van der Waals surface area contributed by atoms with Crippen molar-refractivity contribution < 1.29 is 28.4 Å². The van der Waals surface area contributed by atoms with Gasteiger partial charge in [-0.1, -0.05) is 54.8 Å². The molecule has 0 bridgehead atoms. The lowest BCUT2D eigenvalue weighted by Gasteiger charge is -2.37. The van der Waals surface area contributed by atoms with E-state index in [2.05, 4.69) is 10.5 Å². The van der Waals surface area contributed by atoms with Gasteiger partial charge in [-0.05, 0) is 25.3 Å². The van der Waals surface area contributed by atoms with Crippen molar-refractivity contribution in [1.29, 1.82) is 0 Å². The minimum atomic E-state index is -1.64. The number of ether oxygens (including phenoxy) is 1. The zero-order valence-corrected chi connectivity index (χ0v) is 19.5. The first-order valence-electron chi connectivity index (χ1n) is 11.8. The van der Waals surface area contributed by atoms with Crippen molar-refractivity contribution in [3.63, 3.8) is 0 Å². The van der Waals surface area contributed by atoms with Crippen LogP contribution in [0.1, 0.15) is 49.8 Å². The van der Waals surface area contributed by atoms with E-state index in [9.17, 15) is 14.7 Å². The number of rotatable bonds is 7. The molecule has 2 heterocycles. The van der Waals surface area contributed by atoms with Gasteiger partial charge in [-0.15, -0.1) is 0 Å². The summed E-state index contributed by atoms with van der Waals surface area (Å²) in [5.41, 5.74) is -1.05. The number of anilines is 1. The van der Waals surface area contributed by atoms with Crippen LogP contribution in [0.2, 0.25) is 0 Å². The Bertz CT molecular complexity index is 971. The molecule has 3 atom stereocenters. The van der Waals surface area contributed by atoms with Gasteiger partial charge in [0.1, 0.15) is 12.3 Å². The summed E-state index contributed by atoms with van der Waals surface area (Å²) in [6.45, 7) is 3.23. The Kier molecular flexibility index (Phi) is 6.86. The smallest absolute Gasteiger partial charge is 0.343 e. The van der Waals surface area contributed by atoms with E-state index in [1.54, 1.807) is 25.1 Å². The summed E-state index contributed by atoms with van der Waals surface area (Å²) in [4.78, 5) is 25.9. The average molecular weight is 457 g/mol. The molecule has 1 aromatic carbocycles. The van der Waals surface area contributed by atoms with Crippen LogP contribution in [0.3, 0.4) is 0 Å². The van der Waals surface area contributed by atoms with Crippen LogP contribution in [0.5, 0.6) is 0 Å². The minimum absolute atomic E-state index is 0.153. The molecule has 8 nitrogen and oxygen atoms in total. The number of aryl methyl sites for hydroxylation is 1. The molecule has 33 heavy (non-hydrogen) atoms. The van der Waals surface area contributed by atoms with Gasteiger partial charge in [0.15, 0.2) is 24.1 Å². The number of benzene rings is 1. The molecule has 1 amide bonds. The second kappa shape index (κ2) is 9.65. The molecule has 1 saturated heterocycles. The van der Waals surface area contributed by atoms with E-state index in [1.807, 2.05) is 25.2 Å². The third-order valence-electron chi connectivity index (χ3n) is 7.05. The Hall–Kier alpha value is -2.71. The second-order valence-electron chi connectivity index (χ2n) is 9.84. The summed E-state index contributed by atoms with van der Waals surface area (Å²) >= 11 is 0. The van der Waals surface area contributed by atoms with Crippen molar-refractivity contribution in [2.75, 3.05) is 32.0 Å². The molecule has 178 valence electrons. The Morgan fingerprint density at radius 1 is 1.21 bits per heavy atom. The number of carbonyl (C=O) groups excluding carboxylic acids is 2. The Labute approximate surface area is 194 Å². The summed E-state index contributed by atoms with van der Waals surface area (Å²) in [6, 6.07) is 10.8. The van der Waals surface area contributed by atoms with Crippen LogP contribution in [-0.2, 0) is 19.9 Å². The number of aromatic nitrogens is 1. The van der Waals surface area contributed by atoms with E-state index >= 15 is 0 Å². The van der Waals surface area contributed by atoms with Crippen molar-refractivity contribution in [1.82, 2.24) is 5.16 Å². The van der Waals surface area contributed by atoms with Crippen molar-refractivity contribution in [3.8, 4) is 0 Å². The number of quaternary nitrogens is 1. The van der Waals surface area contributed by atoms with Gasteiger partial charge in [0.05, 0.1) is 13.6 Å². The fraction of sp³-hybridized carbons (Fsp3) is 0.560. The van der Waals surface area contributed by atoms with Gasteiger partial charge in [0.25, 0.3) is 5.91 Å². The highest BCUT2D eigenvalue weighted by molar-refractivity contribution is 5.90. The zero-order chi connectivity index (χ0) is 23.5. The number of hydrogen-bond donors (Lipinski definition) is 2. The fourth-order valence-electron chi connectivity index (χ4n) is 5.30. The van der Waals surface area contributed by atoms with E-state index in [0.717, 1.165) is 32.1 Å². The van der Waals surface area contributed by atoms with Gasteiger partial charge in [-0.25, -0.2) is 4.79 Å². The molecule has 0 radical (unpaired) electrons. The lowest BCUT2D eigenvalue weighted by atomic mass is 9.73. The Morgan fingerprint density at radius 3 is 2.61 bits per heavy atom. The number of amides is 1. The van der Waals surface area contributed by atoms with Crippen molar-refractivity contribution >= 4 is 17.7 Å². The summed E-state index contributed by atoms with van der Waals surface area (Å²) in [7, 11) is 1.98. The summed E-state index contributed by atoms with van der Waals surface area (Å²) in [5.74, 6) is 0.136. The molecule has 2 unspecified atom stereocenters. The molecule has 2 aromatic rings. The first-order chi connectivity index (χ1) is 15.8. The van der Waals surface area contributed by atoms with Crippen molar-refractivity contribution in [3.05, 3.63) is 47.7 Å². The molecule has 2 N–H and O–H groups in total. The molecular formula is C25H34N3O5+. The first-order valence-corrected chi connectivity index (χ1v) is 11.8.